The van der Waals surface area contributed by atoms with Crippen LogP contribution in [0.4, 0.5) is 5.69 Å². The summed E-state index contributed by atoms with van der Waals surface area (Å²) in [6.07, 6.45) is 3.30. The predicted octanol–water partition coefficient (Wildman–Crippen LogP) is 3.12. The summed E-state index contributed by atoms with van der Waals surface area (Å²) in [5.41, 5.74) is 3.69. The monoisotopic (exact) mass is 348 g/mol. The Morgan fingerprint density at radius 3 is 2.69 bits per heavy atom. The number of aromatic nitrogens is 2. The van der Waals surface area contributed by atoms with E-state index in [4.69, 9.17) is 0 Å². The number of rotatable bonds is 5. The van der Waals surface area contributed by atoms with Gasteiger partial charge in [-0.2, -0.15) is 0 Å². The van der Waals surface area contributed by atoms with Gasteiger partial charge in [-0.1, -0.05) is 18.2 Å². The number of amides is 2. The van der Waals surface area contributed by atoms with Gasteiger partial charge in [0.15, 0.2) is 5.69 Å². The lowest BCUT2D eigenvalue weighted by Gasteiger charge is -2.07. The molecular formula is C20H20N4O2. The molecule has 0 spiro atoms. The van der Waals surface area contributed by atoms with Gasteiger partial charge in [0.1, 0.15) is 0 Å². The summed E-state index contributed by atoms with van der Waals surface area (Å²) >= 11 is 0. The van der Waals surface area contributed by atoms with E-state index in [1.807, 2.05) is 32.0 Å². The first kappa shape index (κ1) is 17.4. The molecule has 2 N–H and O–H groups in total. The first-order valence-corrected chi connectivity index (χ1v) is 8.26. The van der Waals surface area contributed by atoms with Crippen LogP contribution in [0.25, 0.3) is 5.52 Å². The van der Waals surface area contributed by atoms with Crippen molar-refractivity contribution in [3.63, 3.8) is 0 Å². The van der Waals surface area contributed by atoms with Crippen molar-refractivity contribution in [2.24, 2.45) is 0 Å². The van der Waals surface area contributed by atoms with Crippen LogP contribution in [0.3, 0.4) is 0 Å². The van der Waals surface area contributed by atoms with E-state index < -0.39 is 0 Å². The minimum absolute atomic E-state index is 0.155. The zero-order valence-electron chi connectivity index (χ0n) is 14.7. The van der Waals surface area contributed by atoms with Crippen LogP contribution in [-0.4, -0.2) is 27.7 Å². The molecule has 3 aromatic rings. The van der Waals surface area contributed by atoms with E-state index in [0.29, 0.717) is 17.7 Å². The molecule has 2 amide bonds. The van der Waals surface area contributed by atoms with Crippen LogP contribution in [0.5, 0.6) is 0 Å². The van der Waals surface area contributed by atoms with Crippen LogP contribution < -0.4 is 10.6 Å². The summed E-state index contributed by atoms with van der Waals surface area (Å²) in [5, 5.41) is 5.54. The standard InChI is InChI=1S/C20H20N4O2/c1-4-10-21-19(25)17-16-7-5-6-11-24(16)18(23-17)20(26)22-15-9-8-13(2)14(3)12-15/h4-9,11-12H,1,10H2,2-3H3,(H,21,25)(H,22,26). The van der Waals surface area contributed by atoms with E-state index in [1.54, 1.807) is 34.9 Å². The number of carbonyl (C=O) groups excluding carboxylic acids is 2. The van der Waals surface area contributed by atoms with Crippen LogP contribution in [0, 0.1) is 13.8 Å². The molecule has 2 aromatic heterocycles. The molecule has 0 saturated carbocycles. The second-order valence-electron chi connectivity index (χ2n) is 5.99. The minimum Gasteiger partial charge on any atom is -0.347 e. The Bertz CT molecular complexity index is 1000. The molecule has 6 nitrogen and oxygen atoms in total. The number of imidazole rings is 1. The molecule has 26 heavy (non-hydrogen) atoms. The maximum atomic E-state index is 12.7. The van der Waals surface area contributed by atoms with E-state index in [9.17, 15) is 9.59 Å². The number of fused-ring (bicyclic) bond motifs is 1. The van der Waals surface area contributed by atoms with Crippen molar-refractivity contribution in [2.45, 2.75) is 13.8 Å². The van der Waals surface area contributed by atoms with Crippen LogP contribution in [0.2, 0.25) is 0 Å². The third-order valence-corrected chi connectivity index (χ3v) is 4.14. The quantitative estimate of drug-likeness (QED) is 0.696. The zero-order chi connectivity index (χ0) is 18.7. The number of hydrogen-bond donors (Lipinski definition) is 2. The Labute approximate surface area is 151 Å². The Balaban J connectivity index is 1.96. The third-order valence-electron chi connectivity index (χ3n) is 4.14. The van der Waals surface area contributed by atoms with E-state index >= 15 is 0 Å². The fourth-order valence-corrected chi connectivity index (χ4v) is 2.62. The molecule has 132 valence electrons. The van der Waals surface area contributed by atoms with Crippen molar-refractivity contribution in [3.05, 3.63) is 77.9 Å². The molecule has 0 saturated heterocycles. The Morgan fingerprint density at radius 2 is 1.96 bits per heavy atom. The van der Waals surface area contributed by atoms with Gasteiger partial charge in [-0.25, -0.2) is 4.98 Å². The van der Waals surface area contributed by atoms with Crippen LogP contribution in [-0.2, 0) is 0 Å². The van der Waals surface area contributed by atoms with Gasteiger partial charge in [-0.05, 0) is 49.2 Å². The third kappa shape index (κ3) is 3.35. The average molecular weight is 348 g/mol. The molecule has 6 heteroatoms. The van der Waals surface area contributed by atoms with Gasteiger partial charge in [-0.3, -0.25) is 14.0 Å². The number of nitrogens with zero attached hydrogens (tertiary/aromatic N) is 2. The molecule has 2 heterocycles. The van der Waals surface area contributed by atoms with Crippen molar-refractivity contribution in [1.29, 1.82) is 0 Å². The highest BCUT2D eigenvalue weighted by atomic mass is 16.2. The lowest BCUT2D eigenvalue weighted by atomic mass is 10.1. The number of benzene rings is 1. The summed E-state index contributed by atoms with van der Waals surface area (Å²) in [4.78, 5) is 29.3. The Hall–Kier alpha value is -3.41. The molecule has 0 bridgehead atoms. The smallest absolute Gasteiger partial charge is 0.292 e. The zero-order valence-corrected chi connectivity index (χ0v) is 14.7. The van der Waals surface area contributed by atoms with Crippen LogP contribution in [0.15, 0.2) is 55.3 Å². The molecule has 0 unspecified atom stereocenters. The van der Waals surface area contributed by atoms with Crippen molar-refractivity contribution in [2.75, 3.05) is 11.9 Å². The maximum absolute atomic E-state index is 12.7. The number of aryl methyl sites for hydroxylation is 2. The fraction of sp³-hybridized carbons (Fsp3) is 0.150. The van der Waals surface area contributed by atoms with Crippen molar-refractivity contribution >= 4 is 23.0 Å². The predicted molar refractivity (Wildman–Crippen MR) is 102 cm³/mol. The number of anilines is 1. The Kier molecular flexibility index (Phi) is 4.84. The second kappa shape index (κ2) is 7.23. The van der Waals surface area contributed by atoms with Gasteiger partial charge >= 0.3 is 0 Å². The van der Waals surface area contributed by atoms with Gasteiger partial charge in [-0.15, -0.1) is 6.58 Å². The van der Waals surface area contributed by atoms with Gasteiger partial charge in [0.05, 0.1) is 5.52 Å². The Morgan fingerprint density at radius 1 is 1.15 bits per heavy atom. The molecule has 0 fully saturated rings. The fourth-order valence-electron chi connectivity index (χ4n) is 2.62. The van der Waals surface area contributed by atoms with Crippen LogP contribution in [0.1, 0.15) is 32.2 Å². The summed E-state index contributed by atoms with van der Waals surface area (Å²) in [5.74, 6) is -0.571. The lowest BCUT2D eigenvalue weighted by Crippen LogP contribution is -2.24. The number of hydrogen-bond acceptors (Lipinski definition) is 3. The summed E-state index contributed by atoms with van der Waals surface area (Å²) in [7, 11) is 0. The van der Waals surface area contributed by atoms with Gasteiger partial charge in [0.2, 0.25) is 5.82 Å². The van der Waals surface area contributed by atoms with Crippen molar-refractivity contribution < 1.29 is 9.59 Å². The molecule has 0 aliphatic heterocycles. The van der Waals surface area contributed by atoms with Gasteiger partial charge in [0.25, 0.3) is 11.8 Å². The molecule has 1 aromatic carbocycles. The molecular weight excluding hydrogens is 328 g/mol. The van der Waals surface area contributed by atoms with E-state index in [-0.39, 0.29) is 23.3 Å². The normalized spacial score (nSPS) is 10.5. The highest BCUT2D eigenvalue weighted by Gasteiger charge is 2.21. The number of carbonyl (C=O) groups is 2. The van der Waals surface area contributed by atoms with Crippen molar-refractivity contribution in [1.82, 2.24) is 14.7 Å². The molecule has 0 atom stereocenters. The largest absolute Gasteiger partial charge is 0.347 e. The summed E-state index contributed by atoms with van der Waals surface area (Å²) < 4.78 is 1.61. The van der Waals surface area contributed by atoms with Crippen molar-refractivity contribution in [3.8, 4) is 0 Å². The highest BCUT2D eigenvalue weighted by Crippen LogP contribution is 2.17. The SMILES string of the molecule is C=CCNC(=O)c1nc(C(=O)Nc2ccc(C)c(C)c2)n2ccccc12. The molecule has 3 rings (SSSR count). The average Bonchev–Trinajstić information content (AvgIpc) is 3.03. The van der Waals surface area contributed by atoms with E-state index in [0.717, 1.165) is 11.1 Å². The molecule has 0 aliphatic carbocycles. The lowest BCUT2D eigenvalue weighted by molar-refractivity contribution is 0.0955. The van der Waals surface area contributed by atoms with Gasteiger partial charge < -0.3 is 10.6 Å². The topological polar surface area (TPSA) is 75.5 Å². The number of nitrogens with one attached hydrogen (secondary N) is 2. The summed E-state index contributed by atoms with van der Waals surface area (Å²) in [6, 6.07) is 11.0. The maximum Gasteiger partial charge on any atom is 0.292 e. The van der Waals surface area contributed by atoms with Gasteiger partial charge in [0, 0.05) is 18.4 Å². The van der Waals surface area contributed by atoms with Crippen LogP contribution >= 0.6 is 0 Å². The highest BCUT2D eigenvalue weighted by molar-refractivity contribution is 6.06. The number of pyridine rings is 1. The summed E-state index contributed by atoms with van der Waals surface area (Å²) in [6.45, 7) is 7.90. The van der Waals surface area contributed by atoms with E-state index in [2.05, 4.69) is 22.2 Å². The minimum atomic E-state index is -0.378. The first-order chi connectivity index (χ1) is 12.5. The first-order valence-electron chi connectivity index (χ1n) is 8.26. The van der Waals surface area contributed by atoms with E-state index in [1.165, 1.54) is 0 Å². The second-order valence-corrected chi connectivity index (χ2v) is 5.99. The molecule has 0 radical (unpaired) electrons. The molecule has 0 aliphatic rings.